The number of ether oxygens (including phenoxy) is 1. The van der Waals surface area contributed by atoms with Gasteiger partial charge in [0, 0.05) is 48.7 Å². The van der Waals surface area contributed by atoms with Crippen LogP contribution in [0.2, 0.25) is 0 Å². The molecule has 1 N–H and O–H groups in total. The molecule has 1 fully saturated rings. The number of Topliss-reactive ketones (excluding diaryl/α,β-unsaturated/α-hetero) is 1. The van der Waals surface area contributed by atoms with E-state index in [1.807, 2.05) is 109 Å². The Bertz CT molecular complexity index is 2090. The minimum atomic E-state index is -1.99. The van der Waals surface area contributed by atoms with Gasteiger partial charge in [-0.2, -0.15) is 0 Å². The molecule has 1 aromatic heterocycles. The number of ketones is 1. The normalized spacial score (nSPS) is 15.1. The summed E-state index contributed by atoms with van der Waals surface area (Å²) >= 11 is 35.8. The second kappa shape index (κ2) is 19.5. The van der Waals surface area contributed by atoms with Crippen molar-refractivity contribution >= 4 is 105 Å². The zero-order valence-electron chi connectivity index (χ0n) is 30.3. The van der Waals surface area contributed by atoms with Gasteiger partial charge in [-0.1, -0.05) is 142 Å². The molecule has 9 nitrogen and oxygen atoms in total. The zero-order chi connectivity index (χ0) is 40.5. The zero-order valence-corrected chi connectivity index (χ0v) is 34.8. The summed E-state index contributed by atoms with van der Waals surface area (Å²) in [5.74, 6) is -0.801. The first kappa shape index (κ1) is 43.2. The number of halogens is 6. The minimum Gasteiger partial charge on any atom is -0.460 e. The lowest BCUT2D eigenvalue weighted by Crippen LogP contribution is -2.23. The second-order valence-corrected chi connectivity index (χ2v) is 17.3. The van der Waals surface area contributed by atoms with Gasteiger partial charge in [0.15, 0.2) is 23.3 Å². The molecule has 1 aliphatic rings. The van der Waals surface area contributed by atoms with Gasteiger partial charge in [-0.15, -0.1) is 0 Å². The third-order valence-corrected chi connectivity index (χ3v) is 9.72. The third kappa shape index (κ3) is 12.0. The fourth-order valence-corrected chi connectivity index (χ4v) is 6.04. The smallest absolute Gasteiger partial charge is 0.338 e. The van der Waals surface area contributed by atoms with E-state index in [0.29, 0.717) is 37.1 Å². The fourth-order valence-electron chi connectivity index (χ4n) is 5.53. The number of carbonyl (C=O) groups is 2. The molecule has 1 aliphatic carbocycles. The topological polar surface area (TPSA) is 109 Å². The Morgan fingerprint density at radius 1 is 0.714 bits per heavy atom. The summed E-state index contributed by atoms with van der Waals surface area (Å²) in [5.41, 5.74) is 6.35. The van der Waals surface area contributed by atoms with Crippen molar-refractivity contribution in [3.63, 3.8) is 0 Å². The Morgan fingerprint density at radius 2 is 1.18 bits per heavy atom. The molecule has 0 saturated heterocycles. The first-order chi connectivity index (χ1) is 26.6. The number of anilines is 2. The highest BCUT2D eigenvalue weighted by atomic mass is 35.6. The summed E-state index contributed by atoms with van der Waals surface area (Å²) in [6.45, 7) is 1.28. The molecule has 0 aliphatic heterocycles. The summed E-state index contributed by atoms with van der Waals surface area (Å²) < 4.78 is 1.52. The SMILES string of the molecule is CN(CCO)c1ccc(C=CC=C2CCC(=CC=Cc3ccc(N(C)CCOC(=O)c4ccc(-c5nc(C(Cl)(Cl)Cl)nc(C(Cl)(Cl)Cl)n5)cc4)cc3)C2=O)cc1. The molecule has 0 spiro atoms. The average molecular weight is 876 g/mol. The first-order valence-electron chi connectivity index (χ1n) is 17.3. The summed E-state index contributed by atoms with van der Waals surface area (Å²) in [5, 5.41) is 9.13. The Morgan fingerprint density at radius 3 is 1.62 bits per heavy atom. The number of rotatable bonds is 13. The number of nitrogens with zero attached hydrogens (tertiary/aromatic N) is 5. The maximum Gasteiger partial charge on any atom is 0.338 e. The average Bonchev–Trinajstić information content (AvgIpc) is 3.52. The Balaban J connectivity index is 1.09. The number of aromatic nitrogens is 3. The van der Waals surface area contributed by atoms with Gasteiger partial charge in [0.2, 0.25) is 7.59 Å². The van der Waals surface area contributed by atoms with Crippen LogP contribution >= 0.6 is 69.6 Å². The van der Waals surface area contributed by atoms with Crippen LogP contribution in [0.5, 0.6) is 0 Å². The van der Waals surface area contributed by atoms with Crippen molar-refractivity contribution in [1.29, 1.82) is 0 Å². The lowest BCUT2D eigenvalue weighted by atomic mass is 10.1. The second-order valence-electron chi connectivity index (χ2n) is 12.7. The van der Waals surface area contributed by atoms with E-state index in [-0.39, 0.29) is 36.5 Å². The quantitative estimate of drug-likeness (QED) is 0.0798. The van der Waals surface area contributed by atoms with Crippen molar-refractivity contribution in [2.75, 3.05) is 50.2 Å². The summed E-state index contributed by atoms with van der Waals surface area (Å²) in [4.78, 5) is 42.0. The number of benzene rings is 3. The van der Waals surface area contributed by atoms with E-state index in [0.717, 1.165) is 33.6 Å². The highest BCUT2D eigenvalue weighted by molar-refractivity contribution is 6.67. The molecule has 0 radical (unpaired) electrons. The van der Waals surface area contributed by atoms with Crippen LogP contribution in [0.25, 0.3) is 23.5 Å². The van der Waals surface area contributed by atoms with E-state index in [9.17, 15) is 9.59 Å². The number of aliphatic hydroxyl groups excluding tert-OH is 1. The molecule has 3 aromatic carbocycles. The van der Waals surface area contributed by atoms with Gasteiger partial charge in [0.1, 0.15) is 6.61 Å². The molecule has 56 heavy (non-hydrogen) atoms. The van der Waals surface area contributed by atoms with E-state index < -0.39 is 13.6 Å². The molecule has 292 valence electrons. The monoisotopic (exact) mass is 873 g/mol. The van der Waals surface area contributed by atoms with Crippen molar-refractivity contribution in [2.24, 2.45) is 0 Å². The highest BCUT2D eigenvalue weighted by Gasteiger charge is 2.34. The van der Waals surface area contributed by atoms with Gasteiger partial charge in [-0.25, -0.2) is 19.7 Å². The molecule has 5 rings (SSSR count). The van der Waals surface area contributed by atoms with E-state index in [2.05, 4.69) is 15.0 Å². The van der Waals surface area contributed by atoms with Crippen molar-refractivity contribution in [1.82, 2.24) is 15.0 Å². The van der Waals surface area contributed by atoms with Crippen LogP contribution in [-0.2, 0) is 17.1 Å². The largest absolute Gasteiger partial charge is 0.460 e. The molecule has 1 heterocycles. The van der Waals surface area contributed by atoms with Gasteiger partial charge in [0.25, 0.3) is 0 Å². The first-order valence-corrected chi connectivity index (χ1v) is 19.6. The Kier molecular flexibility index (Phi) is 15.0. The molecule has 15 heteroatoms. The van der Waals surface area contributed by atoms with Crippen LogP contribution in [0.3, 0.4) is 0 Å². The van der Waals surface area contributed by atoms with Crippen LogP contribution in [0.15, 0.2) is 108 Å². The molecular formula is C41H37Cl6N5O4. The lowest BCUT2D eigenvalue weighted by Gasteiger charge is -2.19. The summed E-state index contributed by atoms with van der Waals surface area (Å²) in [7, 11) is 3.84. The van der Waals surface area contributed by atoms with Gasteiger partial charge in [-0.3, -0.25) is 4.79 Å². The summed E-state index contributed by atoms with van der Waals surface area (Å²) in [6, 6.07) is 22.3. The Hall–Kier alpha value is -3.93. The van der Waals surface area contributed by atoms with Gasteiger partial charge in [-0.05, 0) is 60.4 Å². The lowest BCUT2D eigenvalue weighted by molar-refractivity contribution is -0.111. The molecular weight excluding hydrogens is 839 g/mol. The molecule has 4 aromatic rings. The van der Waals surface area contributed by atoms with E-state index >= 15 is 0 Å². The van der Waals surface area contributed by atoms with Crippen LogP contribution < -0.4 is 9.80 Å². The van der Waals surface area contributed by atoms with Crippen LogP contribution in [0.4, 0.5) is 11.4 Å². The van der Waals surface area contributed by atoms with E-state index in [4.69, 9.17) is 79.4 Å². The van der Waals surface area contributed by atoms with Crippen molar-refractivity contribution < 1.29 is 19.4 Å². The molecule has 0 amide bonds. The number of carbonyl (C=O) groups excluding carboxylic acids is 2. The molecule has 0 bridgehead atoms. The summed E-state index contributed by atoms with van der Waals surface area (Å²) in [6.07, 6.45) is 12.9. The van der Waals surface area contributed by atoms with Crippen molar-refractivity contribution in [3.05, 3.63) is 137 Å². The van der Waals surface area contributed by atoms with Crippen molar-refractivity contribution in [2.45, 2.75) is 20.4 Å². The Labute approximate surface area is 355 Å². The number of esters is 1. The maximum atomic E-state index is 12.9. The number of hydrogen-bond acceptors (Lipinski definition) is 9. The number of aliphatic hydroxyl groups is 1. The highest BCUT2D eigenvalue weighted by Crippen LogP contribution is 2.40. The van der Waals surface area contributed by atoms with Crippen LogP contribution in [-0.4, -0.2) is 72.2 Å². The van der Waals surface area contributed by atoms with Crippen LogP contribution in [0, 0.1) is 0 Å². The number of hydrogen-bond donors (Lipinski definition) is 1. The van der Waals surface area contributed by atoms with E-state index in [1.165, 1.54) is 0 Å². The standard InChI is InChI=1S/C41H37Cl6N5O4/c1-51(23-25-53)33-19-9-27(10-20-33)5-3-7-29-13-14-30(35(29)54)8-4-6-28-11-21-34(22-12-28)52(2)24-26-56-37(55)32-17-15-31(16-18-32)36-48-38(40(42,43)44)50-39(49-36)41(45,46)47/h3-12,15-22,53H,13-14,23-26H2,1-2H3. The predicted molar refractivity (Wildman–Crippen MR) is 229 cm³/mol. The van der Waals surface area contributed by atoms with Gasteiger partial charge >= 0.3 is 5.97 Å². The van der Waals surface area contributed by atoms with Crippen molar-refractivity contribution in [3.8, 4) is 11.4 Å². The van der Waals surface area contributed by atoms with Gasteiger partial charge in [0.05, 0.1) is 18.7 Å². The van der Waals surface area contributed by atoms with Gasteiger partial charge < -0.3 is 19.6 Å². The number of alkyl halides is 6. The molecule has 1 saturated carbocycles. The number of allylic oxidation sites excluding steroid dienone is 6. The fraction of sp³-hybridized carbons (Fsp3) is 0.244. The molecule has 0 atom stereocenters. The van der Waals surface area contributed by atoms with E-state index in [1.54, 1.807) is 24.3 Å². The maximum absolute atomic E-state index is 12.9. The van der Waals surface area contributed by atoms with Crippen LogP contribution in [0.1, 0.15) is 46.0 Å². The number of likely N-dealkylation sites (N-methyl/N-ethyl adjacent to an activating group) is 2. The predicted octanol–water partition coefficient (Wildman–Crippen LogP) is 9.86. The third-order valence-electron chi connectivity index (χ3n) is 8.70. The molecule has 0 unspecified atom stereocenters. The minimum absolute atomic E-state index is 0.0723.